The normalized spacial score (nSPS) is 11.1. The van der Waals surface area contributed by atoms with Crippen molar-refractivity contribution in [2.45, 2.75) is 104 Å². The van der Waals surface area contributed by atoms with Crippen LogP contribution in [-0.2, 0) is 16.3 Å². The summed E-state index contributed by atoms with van der Waals surface area (Å²) in [5.41, 5.74) is 0.499. The average Bonchev–Trinajstić information content (AvgIpc) is 2.84. The Morgan fingerprint density at radius 2 is 1.50 bits per heavy atom. The lowest BCUT2D eigenvalue weighted by Gasteiger charge is -2.13. The highest BCUT2D eigenvalue weighted by Crippen LogP contribution is 2.20. The van der Waals surface area contributed by atoms with Gasteiger partial charge in [0.05, 0.1) is 12.1 Å². The van der Waals surface area contributed by atoms with Gasteiger partial charge in [0.25, 0.3) is 5.56 Å². The van der Waals surface area contributed by atoms with E-state index in [4.69, 9.17) is 21.1 Å². The molecule has 34 heavy (non-hydrogen) atoms. The third-order valence-electron chi connectivity index (χ3n) is 6.10. The quantitative estimate of drug-likeness (QED) is 0.115. The molecule has 0 N–H and O–H groups in total. The van der Waals surface area contributed by atoms with Crippen LogP contribution in [0.2, 0.25) is 0 Å². The number of hydrogen-bond donors (Lipinski definition) is 0. The summed E-state index contributed by atoms with van der Waals surface area (Å²) in [4.78, 5) is 24.7. The van der Waals surface area contributed by atoms with E-state index in [1.165, 1.54) is 68.4 Å². The number of carbonyl (C=O) groups is 1. The molecule has 0 amide bonds. The van der Waals surface area contributed by atoms with Gasteiger partial charge in [-0.15, -0.1) is 11.6 Å². The fraction of sp³-hybridized carbons (Fsp3) is 0.643. The van der Waals surface area contributed by atoms with E-state index in [2.05, 4.69) is 6.92 Å². The Morgan fingerprint density at radius 3 is 2.18 bits per heavy atom. The van der Waals surface area contributed by atoms with Gasteiger partial charge in [0.15, 0.2) is 6.73 Å². The van der Waals surface area contributed by atoms with Crippen LogP contribution < -0.4 is 10.3 Å². The first-order valence-corrected chi connectivity index (χ1v) is 13.7. The summed E-state index contributed by atoms with van der Waals surface area (Å²) in [6.07, 6.45) is 15.8. The summed E-state index contributed by atoms with van der Waals surface area (Å²) in [7, 11) is 0. The molecule has 1 heterocycles. The zero-order valence-corrected chi connectivity index (χ0v) is 21.6. The van der Waals surface area contributed by atoms with Gasteiger partial charge >= 0.3 is 5.97 Å². The fourth-order valence-electron chi connectivity index (χ4n) is 4.02. The second kappa shape index (κ2) is 17.4. The topological polar surface area (TPSA) is 57.5 Å². The Hall–Kier alpha value is -2.01. The number of aromatic nitrogens is 1. The van der Waals surface area contributed by atoms with E-state index in [0.29, 0.717) is 30.2 Å². The SMILES string of the molecule is CCCCCCCCCCCCCC(=O)OCn1c(=O)ccc2ccc(OCCCCCl)cc21. The van der Waals surface area contributed by atoms with E-state index in [9.17, 15) is 9.59 Å². The highest BCUT2D eigenvalue weighted by molar-refractivity contribution is 6.17. The minimum Gasteiger partial charge on any atom is -0.494 e. The number of esters is 1. The van der Waals surface area contributed by atoms with Crippen molar-refractivity contribution >= 4 is 28.5 Å². The summed E-state index contributed by atoms with van der Waals surface area (Å²) in [5, 5.41) is 0.897. The van der Waals surface area contributed by atoms with Crippen molar-refractivity contribution in [1.82, 2.24) is 4.57 Å². The largest absolute Gasteiger partial charge is 0.494 e. The molecular formula is C28H42ClNO4. The summed E-state index contributed by atoms with van der Waals surface area (Å²) < 4.78 is 12.7. The molecule has 0 saturated carbocycles. The van der Waals surface area contributed by atoms with E-state index in [0.717, 1.165) is 31.1 Å². The number of carbonyl (C=O) groups excluding carboxylic acids is 1. The molecule has 5 nitrogen and oxygen atoms in total. The van der Waals surface area contributed by atoms with Gasteiger partial charge in [0.1, 0.15) is 5.75 Å². The smallest absolute Gasteiger partial charge is 0.307 e. The Labute approximate surface area is 209 Å². The van der Waals surface area contributed by atoms with Crippen LogP contribution in [0.4, 0.5) is 0 Å². The van der Waals surface area contributed by atoms with Crippen LogP contribution >= 0.6 is 11.6 Å². The van der Waals surface area contributed by atoms with Crippen molar-refractivity contribution in [3.63, 3.8) is 0 Å². The van der Waals surface area contributed by atoms with Crippen LogP contribution in [0.15, 0.2) is 35.1 Å². The van der Waals surface area contributed by atoms with Crippen LogP contribution in [0.3, 0.4) is 0 Å². The van der Waals surface area contributed by atoms with E-state index < -0.39 is 0 Å². The number of alkyl halides is 1. The molecule has 0 aliphatic heterocycles. The Morgan fingerprint density at radius 1 is 0.853 bits per heavy atom. The highest BCUT2D eigenvalue weighted by atomic mass is 35.5. The third-order valence-corrected chi connectivity index (χ3v) is 6.37. The van der Waals surface area contributed by atoms with Crippen LogP contribution in [-0.4, -0.2) is 23.0 Å². The van der Waals surface area contributed by atoms with Gasteiger partial charge in [-0.05, 0) is 42.8 Å². The molecule has 0 bridgehead atoms. The number of pyridine rings is 1. The predicted molar refractivity (Wildman–Crippen MR) is 141 cm³/mol. The van der Waals surface area contributed by atoms with Crippen molar-refractivity contribution < 1.29 is 14.3 Å². The number of fused-ring (bicyclic) bond motifs is 1. The molecule has 6 heteroatoms. The first kappa shape index (κ1) is 28.2. The Bertz CT molecular complexity index is 896. The molecule has 190 valence electrons. The molecule has 0 aliphatic rings. The van der Waals surface area contributed by atoms with Gasteiger partial charge in [0.2, 0.25) is 0 Å². The molecule has 2 aromatic rings. The monoisotopic (exact) mass is 491 g/mol. The van der Waals surface area contributed by atoms with Crippen molar-refractivity contribution in [2.75, 3.05) is 12.5 Å². The molecular weight excluding hydrogens is 450 g/mol. The summed E-state index contributed by atoms with van der Waals surface area (Å²) in [6, 6.07) is 8.90. The minimum atomic E-state index is -0.256. The maximum atomic E-state index is 12.4. The lowest BCUT2D eigenvalue weighted by molar-refractivity contribution is -0.147. The maximum Gasteiger partial charge on any atom is 0.307 e. The average molecular weight is 492 g/mol. The first-order valence-electron chi connectivity index (χ1n) is 13.1. The number of nitrogens with zero attached hydrogens (tertiary/aromatic N) is 1. The molecule has 0 radical (unpaired) electrons. The third kappa shape index (κ3) is 10.9. The maximum absolute atomic E-state index is 12.4. The van der Waals surface area contributed by atoms with Crippen LogP contribution in [0, 0.1) is 0 Å². The van der Waals surface area contributed by atoms with Gasteiger partial charge in [0, 0.05) is 24.4 Å². The van der Waals surface area contributed by atoms with Crippen molar-refractivity contribution in [1.29, 1.82) is 0 Å². The lowest BCUT2D eigenvalue weighted by Crippen LogP contribution is -2.22. The van der Waals surface area contributed by atoms with Crippen molar-refractivity contribution in [3.8, 4) is 5.75 Å². The lowest BCUT2D eigenvalue weighted by atomic mass is 10.1. The number of rotatable bonds is 19. The van der Waals surface area contributed by atoms with Crippen LogP contribution in [0.5, 0.6) is 5.75 Å². The van der Waals surface area contributed by atoms with E-state index in [-0.39, 0.29) is 18.3 Å². The van der Waals surface area contributed by atoms with Crippen LogP contribution in [0.1, 0.15) is 96.8 Å². The molecule has 1 aromatic carbocycles. The molecule has 0 aliphatic carbocycles. The van der Waals surface area contributed by atoms with Gasteiger partial charge in [-0.2, -0.15) is 0 Å². The van der Waals surface area contributed by atoms with Gasteiger partial charge in [-0.3, -0.25) is 14.2 Å². The molecule has 0 unspecified atom stereocenters. The van der Waals surface area contributed by atoms with Crippen molar-refractivity contribution in [2.24, 2.45) is 0 Å². The highest BCUT2D eigenvalue weighted by Gasteiger charge is 2.08. The fourth-order valence-corrected chi connectivity index (χ4v) is 4.21. The van der Waals surface area contributed by atoms with Gasteiger partial charge in [-0.1, -0.05) is 71.1 Å². The van der Waals surface area contributed by atoms with E-state index in [1.54, 1.807) is 6.07 Å². The summed E-state index contributed by atoms with van der Waals surface area (Å²) in [5.74, 6) is 1.05. The van der Waals surface area contributed by atoms with Crippen LogP contribution in [0.25, 0.3) is 10.9 Å². The second-order valence-electron chi connectivity index (χ2n) is 9.00. The zero-order valence-electron chi connectivity index (χ0n) is 20.9. The summed E-state index contributed by atoms with van der Waals surface area (Å²) >= 11 is 5.71. The molecule has 0 fully saturated rings. The van der Waals surface area contributed by atoms with Crippen molar-refractivity contribution in [3.05, 3.63) is 40.7 Å². The predicted octanol–water partition coefficient (Wildman–Crippen LogP) is 7.60. The van der Waals surface area contributed by atoms with E-state index in [1.807, 2.05) is 18.2 Å². The molecule has 1 aromatic heterocycles. The number of benzene rings is 1. The molecule has 0 saturated heterocycles. The van der Waals surface area contributed by atoms with Gasteiger partial charge < -0.3 is 9.47 Å². The second-order valence-corrected chi connectivity index (χ2v) is 9.37. The molecule has 2 rings (SSSR count). The first-order chi connectivity index (χ1) is 16.7. The Kier molecular flexibility index (Phi) is 14.5. The number of unbranched alkanes of at least 4 members (excludes halogenated alkanes) is 11. The minimum absolute atomic E-state index is 0.0806. The van der Waals surface area contributed by atoms with Gasteiger partial charge in [-0.25, -0.2) is 0 Å². The molecule has 0 atom stereocenters. The number of ether oxygens (including phenoxy) is 2. The molecule has 0 spiro atoms. The van der Waals surface area contributed by atoms with E-state index >= 15 is 0 Å². The standard InChI is InChI=1S/C28H42ClNO4/c1-2-3-4-5-6-7-8-9-10-11-12-15-28(32)34-23-30-26-22-25(33-21-14-13-20-29)18-16-24(26)17-19-27(30)31/h16-19,22H,2-15,20-21,23H2,1H3. The number of halogens is 1. The number of hydrogen-bond acceptors (Lipinski definition) is 4. The Balaban J connectivity index is 1.71. The zero-order chi connectivity index (χ0) is 24.4. The summed E-state index contributed by atoms with van der Waals surface area (Å²) in [6.45, 7) is 2.74.